The zero-order chi connectivity index (χ0) is 10.3. The molecule has 0 amide bonds. The Kier molecular flexibility index (Phi) is 4.94. The zero-order valence-corrected chi connectivity index (χ0v) is 7.67. The van der Waals surface area contributed by atoms with E-state index in [4.69, 9.17) is 8.42 Å². The molecule has 1 rings (SSSR count). The third-order valence-corrected chi connectivity index (χ3v) is 1.04. The predicted octanol–water partition coefficient (Wildman–Crippen LogP) is 1.49. The highest BCUT2D eigenvalue weighted by molar-refractivity contribution is 7.83. The van der Waals surface area contributed by atoms with Gasteiger partial charge in [-0.25, -0.2) is 5.14 Å². The van der Waals surface area contributed by atoms with Gasteiger partial charge in [0.1, 0.15) is 0 Å². The molecule has 5 heteroatoms. The highest BCUT2D eigenvalue weighted by Crippen LogP contribution is 1.97. The van der Waals surface area contributed by atoms with Gasteiger partial charge in [-0.05, 0) is 5.56 Å². The van der Waals surface area contributed by atoms with Crippen LogP contribution in [0, 0.1) is 0 Å². The largest absolute Gasteiger partial charge is 0.369 e. The van der Waals surface area contributed by atoms with Crippen LogP contribution in [0.2, 0.25) is 0 Å². The van der Waals surface area contributed by atoms with Crippen molar-refractivity contribution in [1.82, 2.24) is 0 Å². The van der Waals surface area contributed by atoms with Crippen LogP contribution in [-0.2, 0) is 10.4 Å². The molecule has 0 saturated heterocycles. The summed E-state index contributed by atoms with van der Waals surface area (Å²) in [6, 6.07) is 10.0. The van der Waals surface area contributed by atoms with Crippen LogP contribution < -0.4 is 5.14 Å². The van der Waals surface area contributed by atoms with E-state index in [1.54, 1.807) is 0 Å². The van der Waals surface area contributed by atoms with Crippen LogP contribution in [0.4, 0.5) is 3.89 Å². The Labute approximate surface area is 77.0 Å². The average molecular weight is 203 g/mol. The summed E-state index contributed by atoms with van der Waals surface area (Å²) in [4.78, 5) is 0. The molecule has 0 aliphatic rings. The Bertz CT molecular complexity index is 340. The standard InChI is InChI=1S/C8H8.FH2NO2S/c1-2-8-6-4-3-5-7-8;1-5(2,3)4/h2-7H,1H2;(H2,2,3,4). The Hall–Kier alpha value is -1.20. The molecule has 0 radical (unpaired) electrons. The van der Waals surface area contributed by atoms with Gasteiger partial charge in [0, 0.05) is 0 Å². The summed E-state index contributed by atoms with van der Waals surface area (Å²) in [5.41, 5.74) is 1.17. The van der Waals surface area contributed by atoms with Gasteiger partial charge in [-0.3, -0.25) is 0 Å². The van der Waals surface area contributed by atoms with Crippen molar-refractivity contribution in [3.8, 4) is 0 Å². The van der Waals surface area contributed by atoms with Crippen molar-refractivity contribution >= 4 is 16.5 Å². The van der Waals surface area contributed by atoms with E-state index in [1.165, 1.54) is 5.56 Å². The fourth-order valence-corrected chi connectivity index (χ4v) is 0.589. The molecular weight excluding hydrogens is 193 g/mol. The van der Waals surface area contributed by atoms with E-state index in [0.29, 0.717) is 0 Å². The van der Waals surface area contributed by atoms with Crippen molar-refractivity contribution in [1.29, 1.82) is 0 Å². The van der Waals surface area contributed by atoms with E-state index in [-0.39, 0.29) is 0 Å². The van der Waals surface area contributed by atoms with E-state index in [1.807, 2.05) is 36.4 Å². The van der Waals surface area contributed by atoms with Crippen LogP contribution in [0.1, 0.15) is 5.56 Å². The second-order valence-corrected chi connectivity index (χ2v) is 3.04. The summed E-state index contributed by atoms with van der Waals surface area (Å²) in [6.07, 6.45) is 1.83. The Morgan fingerprint density at radius 3 is 1.92 bits per heavy atom. The van der Waals surface area contributed by atoms with E-state index >= 15 is 0 Å². The fourth-order valence-electron chi connectivity index (χ4n) is 0.589. The first-order chi connectivity index (χ1) is 5.93. The van der Waals surface area contributed by atoms with E-state index in [2.05, 4.69) is 11.7 Å². The fraction of sp³-hybridized carbons (Fsp3) is 0. The molecule has 0 spiro atoms. The van der Waals surface area contributed by atoms with Crippen LogP contribution in [-0.4, -0.2) is 8.42 Å². The first kappa shape index (κ1) is 11.8. The number of hydrogen-bond acceptors (Lipinski definition) is 2. The lowest BCUT2D eigenvalue weighted by Crippen LogP contribution is -2.01. The highest BCUT2D eigenvalue weighted by atomic mass is 32.3. The molecule has 3 nitrogen and oxygen atoms in total. The summed E-state index contributed by atoms with van der Waals surface area (Å²) < 4.78 is 27.9. The SMILES string of the molecule is C=Cc1ccccc1.NS(=O)(=O)F. The van der Waals surface area contributed by atoms with Gasteiger partial charge in [-0.2, -0.15) is 8.42 Å². The van der Waals surface area contributed by atoms with Crippen molar-refractivity contribution in [2.45, 2.75) is 0 Å². The summed E-state index contributed by atoms with van der Waals surface area (Å²) in [7, 11) is -4.67. The number of halogens is 1. The highest BCUT2D eigenvalue weighted by Gasteiger charge is 1.86. The van der Waals surface area contributed by atoms with E-state index in [0.717, 1.165) is 0 Å². The molecule has 0 bridgehead atoms. The van der Waals surface area contributed by atoms with E-state index < -0.39 is 10.4 Å². The molecule has 0 atom stereocenters. The molecule has 0 heterocycles. The van der Waals surface area contributed by atoms with Crippen molar-refractivity contribution in [3.05, 3.63) is 42.5 Å². The lowest BCUT2D eigenvalue weighted by Gasteiger charge is -1.85. The Balaban J connectivity index is 0.000000252. The first-order valence-electron chi connectivity index (χ1n) is 3.33. The normalized spacial score (nSPS) is 9.69. The summed E-state index contributed by atoms with van der Waals surface area (Å²) in [5, 5.41) is 3.66. The minimum Gasteiger partial charge on any atom is -0.202 e. The molecule has 0 aliphatic heterocycles. The van der Waals surface area contributed by atoms with Crippen LogP contribution in [0.5, 0.6) is 0 Å². The van der Waals surface area contributed by atoms with Crippen molar-refractivity contribution in [2.24, 2.45) is 5.14 Å². The minimum atomic E-state index is -4.67. The topological polar surface area (TPSA) is 60.2 Å². The molecule has 0 fully saturated rings. The van der Waals surface area contributed by atoms with Gasteiger partial charge in [0.2, 0.25) is 0 Å². The quantitative estimate of drug-likeness (QED) is 0.703. The smallest absolute Gasteiger partial charge is 0.202 e. The molecule has 1 aromatic rings. The van der Waals surface area contributed by atoms with Crippen LogP contribution in [0.3, 0.4) is 0 Å². The molecule has 0 saturated carbocycles. The number of rotatable bonds is 1. The molecule has 2 N–H and O–H groups in total. The second kappa shape index (κ2) is 5.45. The minimum absolute atomic E-state index is 1.17. The third kappa shape index (κ3) is 10.8. The maximum Gasteiger partial charge on any atom is 0.369 e. The average Bonchev–Trinajstić information content (AvgIpc) is 2.03. The predicted molar refractivity (Wildman–Crippen MR) is 50.7 cm³/mol. The Morgan fingerprint density at radius 2 is 1.69 bits per heavy atom. The number of nitrogens with two attached hydrogens (primary N) is 1. The van der Waals surface area contributed by atoms with Crippen molar-refractivity contribution < 1.29 is 12.3 Å². The Morgan fingerprint density at radius 1 is 1.31 bits per heavy atom. The summed E-state index contributed by atoms with van der Waals surface area (Å²) >= 11 is 0. The molecule has 72 valence electrons. The van der Waals surface area contributed by atoms with Gasteiger partial charge in [0.15, 0.2) is 0 Å². The zero-order valence-electron chi connectivity index (χ0n) is 6.85. The summed E-state index contributed by atoms with van der Waals surface area (Å²) in [6.45, 7) is 3.63. The van der Waals surface area contributed by atoms with Crippen LogP contribution >= 0.6 is 0 Å². The number of benzene rings is 1. The molecule has 0 aliphatic carbocycles. The van der Waals surface area contributed by atoms with Gasteiger partial charge >= 0.3 is 10.4 Å². The molecular formula is C8H10FNO2S. The number of hydrogen-bond donors (Lipinski definition) is 1. The lowest BCUT2D eigenvalue weighted by atomic mass is 10.2. The van der Waals surface area contributed by atoms with Gasteiger partial charge in [0.05, 0.1) is 0 Å². The van der Waals surface area contributed by atoms with Crippen molar-refractivity contribution in [2.75, 3.05) is 0 Å². The third-order valence-electron chi connectivity index (χ3n) is 1.04. The van der Waals surface area contributed by atoms with E-state index in [9.17, 15) is 3.89 Å². The monoisotopic (exact) mass is 203 g/mol. The van der Waals surface area contributed by atoms with Gasteiger partial charge in [0.25, 0.3) is 0 Å². The first-order valence-corrected chi connectivity index (χ1v) is 4.78. The van der Waals surface area contributed by atoms with Gasteiger partial charge in [-0.1, -0.05) is 46.9 Å². The van der Waals surface area contributed by atoms with Crippen molar-refractivity contribution in [3.63, 3.8) is 0 Å². The van der Waals surface area contributed by atoms with Gasteiger partial charge < -0.3 is 0 Å². The molecule has 13 heavy (non-hydrogen) atoms. The maximum absolute atomic E-state index is 10.4. The molecule has 0 unspecified atom stereocenters. The van der Waals surface area contributed by atoms with Crippen LogP contribution in [0.25, 0.3) is 6.08 Å². The van der Waals surface area contributed by atoms with Gasteiger partial charge in [-0.15, -0.1) is 0 Å². The molecule has 1 aromatic carbocycles. The lowest BCUT2D eigenvalue weighted by molar-refractivity contribution is 0.554. The molecule has 0 aromatic heterocycles. The van der Waals surface area contributed by atoms with Crippen LogP contribution in [0.15, 0.2) is 36.9 Å². The maximum atomic E-state index is 10.4. The summed E-state index contributed by atoms with van der Waals surface area (Å²) in [5.74, 6) is 0. The second-order valence-electron chi connectivity index (χ2n) is 2.09.